The van der Waals surface area contributed by atoms with E-state index in [-0.39, 0.29) is 30.8 Å². The number of carbonyl (C=O) groups is 3. The first-order chi connectivity index (χ1) is 15.9. The van der Waals surface area contributed by atoms with E-state index in [9.17, 15) is 29.1 Å². The average Bonchev–Trinajstić information content (AvgIpc) is 2.73. The first-order valence-electron chi connectivity index (χ1n) is 10.8. The number of ether oxygens (including phenoxy) is 1. The molecule has 11 nitrogen and oxygen atoms in total. The lowest BCUT2D eigenvalue weighted by Gasteiger charge is -2.25. The number of nitrogens with two attached hydrogens (primary N) is 1. The largest absolute Gasteiger partial charge is 0.480 e. The predicted molar refractivity (Wildman–Crippen MR) is 127 cm³/mol. The van der Waals surface area contributed by atoms with Crippen LogP contribution in [0.4, 0.5) is 16.2 Å². The Hall–Kier alpha value is -3.89. The van der Waals surface area contributed by atoms with E-state index in [0.717, 1.165) is 5.56 Å². The lowest BCUT2D eigenvalue weighted by molar-refractivity contribution is -0.138. The number of anilines is 2. The quantitative estimate of drug-likeness (QED) is 0.280. The van der Waals surface area contributed by atoms with Crippen molar-refractivity contribution in [1.29, 1.82) is 0 Å². The van der Waals surface area contributed by atoms with Crippen LogP contribution < -0.4 is 32.5 Å². The SMILES string of the molecule is CC(C)(C)OC(=O)N[C@H](CNc1c(N[C@@H](CCC(N)=O)C(=O)O)c(=O)c1=O)Cc1ccccc1. The van der Waals surface area contributed by atoms with E-state index in [2.05, 4.69) is 16.0 Å². The maximum atomic E-state index is 12.3. The van der Waals surface area contributed by atoms with Gasteiger partial charge < -0.3 is 31.5 Å². The number of hydrogen-bond donors (Lipinski definition) is 5. The monoisotopic (exact) mass is 474 g/mol. The summed E-state index contributed by atoms with van der Waals surface area (Å²) in [6.45, 7) is 5.26. The summed E-state index contributed by atoms with van der Waals surface area (Å²) in [6, 6.07) is 7.52. The minimum atomic E-state index is -1.30. The smallest absolute Gasteiger partial charge is 0.407 e. The van der Waals surface area contributed by atoms with Gasteiger partial charge in [-0.05, 0) is 39.2 Å². The fourth-order valence-corrected chi connectivity index (χ4v) is 3.19. The molecule has 0 saturated carbocycles. The first-order valence-corrected chi connectivity index (χ1v) is 10.8. The summed E-state index contributed by atoms with van der Waals surface area (Å²) in [6.07, 6.45) is -0.599. The van der Waals surface area contributed by atoms with Crippen LogP contribution in [0.25, 0.3) is 0 Å². The lowest BCUT2D eigenvalue weighted by atomic mass is 10.0. The van der Waals surface area contributed by atoms with E-state index >= 15 is 0 Å². The summed E-state index contributed by atoms with van der Waals surface area (Å²) in [5.41, 5.74) is 3.34. The second-order valence-electron chi connectivity index (χ2n) is 8.86. The third-order valence-corrected chi connectivity index (χ3v) is 4.78. The van der Waals surface area contributed by atoms with Crippen molar-refractivity contribution in [3.05, 3.63) is 56.3 Å². The highest BCUT2D eigenvalue weighted by atomic mass is 16.6. The minimum Gasteiger partial charge on any atom is -0.480 e. The molecular formula is C23H30N4O7. The molecule has 0 fully saturated rings. The molecule has 0 spiro atoms. The van der Waals surface area contributed by atoms with Gasteiger partial charge in [0.1, 0.15) is 23.0 Å². The number of primary amides is 1. The van der Waals surface area contributed by atoms with Crippen molar-refractivity contribution in [2.75, 3.05) is 17.2 Å². The molecule has 0 heterocycles. The zero-order valence-electron chi connectivity index (χ0n) is 19.3. The molecule has 2 aromatic rings. The maximum Gasteiger partial charge on any atom is 0.407 e. The van der Waals surface area contributed by atoms with Gasteiger partial charge in [0, 0.05) is 13.0 Å². The Bertz CT molecular complexity index is 1090. The number of hydrogen-bond acceptors (Lipinski definition) is 8. The fraction of sp³-hybridized carbons (Fsp3) is 0.435. The minimum absolute atomic E-state index is 0.0622. The highest BCUT2D eigenvalue weighted by molar-refractivity contribution is 5.83. The normalized spacial score (nSPS) is 13.0. The molecule has 11 heteroatoms. The van der Waals surface area contributed by atoms with Gasteiger partial charge in [-0.25, -0.2) is 9.59 Å². The predicted octanol–water partition coefficient (Wildman–Crippen LogP) is 0.961. The molecule has 0 aliphatic heterocycles. The second kappa shape index (κ2) is 11.3. The molecule has 2 aromatic carbocycles. The average molecular weight is 475 g/mol. The molecule has 34 heavy (non-hydrogen) atoms. The molecule has 184 valence electrons. The van der Waals surface area contributed by atoms with Gasteiger partial charge in [-0.1, -0.05) is 30.3 Å². The van der Waals surface area contributed by atoms with Crippen molar-refractivity contribution in [2.24, 2.45) is 5.73 Å². The standard InChI is InChI=1S/C23H30N4O7/c1-23(2,3)34-22(33)26-14(11-13-7-5-4-6-8-13)12-25-17-18(20(30)19(17)29)27-15(21(31)32)9-10-16(24)28/h4-8,14-15,25,27H,9-12H2,1-3H3,(H2,24,28)(H,26,33)(H,31,32)/t14-,15-/m0/s1. The Morgan fingerprint density at radius 2 is 1.68 bits per heavy atom. The number of carboxylic acid groups (broad SMARTS) is 1. The number of benzene rings is 1. The van der Waals surface area contributed by atoms with Crippen molar-refractivity contribution >= 4 is 29.3 Å². The molecular weight excluding hydrogens is 444 g/mol. The van der Waals surface area contributed by atoms with Gasteiger partial charge in [-0.3, -0.25) is 14.4 Å². The molecule has 0 bridgehead atoms. The van der Waals surface area contributed by atoms with Crippen LogP contribution in [-0.4, -0.2) is 47.3 Å². The molecule has 0 aliphatic carbocycles. The summed E-state index contributed by atoms with van der Waals surface area (Å²) in [5.74, 6) is -1.98. The molecule has 2 amide bonds. The van der Waals surface area contributed by atoms with Gasteiger partial charge in [-0.2, -0.15) is 0 Å². The lowest BCUT2D eigenvalue weighted by Crippen LogP contribution is -2.46. The van der Waals surface area contributed by atoms with Crippen molar-refractivity contribution in [2.45, 2.75) is 57.7 Å². The summed E-state index contributed by atoms with van der Waals surface area (Å²) < 4.78 is 5.31. The van der Waals surface area contributed by atoms with Gasteiger partial charge in [-0.15, -0.1) is 0 Å². The zero-order chi connectivity index (χ0) is 25.5. The number of rotatable bonds is 12. The van der Waals surface area contributed by atoms with Crippen LogP contribution in [0.5, 0.6) is 0 Å². The van der Waals surface area contributed by atoms with Gasteiger partial charge in [0.15, 0.2) is 0 Å². The van der Waals surface area contributed by atoms with Crippen LogP contribution in [0.15, 0.2) is 39.9 Å². The van der Waals surface area contributed by atoms with Gasteiger partial charge in [0.25, 0.3) is 10.9 Å². The molecule has 0 unspecified atom stereocenters. The summed E-state index contributed by atoms with van der Waals surface area (Å²) in [5, 5.41) is 17.5. The number of carboxylic acids is 1. The Labute approximate surface area is 196 Å². The van der Waals surface area contributed by atoms with Crippen molar-refractivity contribution in [3.63, 3.8) is 0 Å². The maximum absolute atomic E-state index is 12.3. The zero-order valence-corrected chi connectivity index (χ0v) is 19.3. The summed E-state index contributed by atoms with van der Waals surface area (Å²) in [7, 11) is 0. The number of carbonyl (C=O) groups excluding carboxylic acids is 2. The van der Waals surface area contributed by atoms with Crippen LogP contribution in [0, 0.1) is 0 Å². The molecule has 0 aromatic heterocycles. The first kappa shape index (κ1) is 26.4. The molecule has 0 aliphatic rings. The van der Waals surface area contributed by atoms with E-state index < -0.39 is 46.5 Å². The van der Waals surface area contributed by atoms with Gasteiger partial charge >= 0.3 is 12.1 Å². The molecule has 2 atom stereocenters. The topological polar surface area (TPSA) is 177 Å². The molecule has 2 rings (SSSR count). The highest BCUT2D eigenvalue weighted by Gasteiger charge is 2.28. The van der Waals surface area contributed by atoms with E-state index in [1.807, 2.05) is 30.3 Å². The third kappa shape index (κ3) is 7.91. The summed E-state index contributed by atoms with van der Waals surface area (Å²) >= 11 is 0. The van der Waals surface area contributed by atoms with Gasteiger partial charge in [0.2, 0.25) is 5.91 Å². The van der Waals surface area contributed by atoms with Crippen LogP contribution in [0.3, 0.4) is 0 Å². The number of amides is 2. The summed E-state index contributed by atoms with van der Waals surface area (Å²) in [4.78, 5) is 58.9. The third-order valence-electron chi connectivity index (χ3n) is 4.78. The Kier molecular flexibility index (Phi) is 8.76. The second-order valence-corrected chi connectivity index (χ2v) is 8.86. The van der Waals surface area contributed by atoms with E-state index in [4.69, 9.17) is 10.5 Å². The Morgan fingerprint density at radius 1 is 1.06 bits per heavy atom. The van der Waals surface area contributed by atoms with Crippen LogP contribution in [-0.2, 0) is 20.7 Å². The van der Waals surface area contributed by atoms with E-state index in [0.29, 0.717) is 6.42 Å². The number of aliphatic carboxylic acids is 1. The number of alkyl carbamates (subject to hydrolysis) is 1. The van der Waals surface area contributed by atoms with Crippen LogP contribution in [0.1, 0.15) is 39.2 Å². The van der Waals surface area contributed by atoms with E-state index in [1.54, 1.807) is 20.8 Å². The van der Waals surface area contributed by atoms with Crippen LogP contribution >= 0.6 is 0 Å². The van der Waals surface area contributed by atoms with Crippen LogP contribution in [0.2, 0.25) is 0 Å². The number of nitrogens with one attached hydrogen (secondary N) is 3. The molecule has 0 saturated heterocycles. The van der Waals surface area contributed by atoms with E-state index in [1.165, 1.54) is 0 Å². The Morgan fingerprint density at radius 3 is 2.24 bits per heavy atom. The molecule has 6 N–H and O–H groups in total. The fourth-order valence-electron chi connectivity index (χ4n) is 3.19. The van der Waals surface area contributed by atoms with Crippen molar-refractivity contribution in [3.8, 4) is 0 Å². The Balaban J connectivity index is 2.14. The van der Waals surface area contributed by atoms with Gasteiger partial charge in [0.05, 0.1) is 6.04 Å². The highest BCUT2D eigenvalue weighted by Crippen LogP contribution is 2.18. The van der Waals surface area contributed by atoms with Crippen molar-refractivity contribution < 1.29 is 24.2 Å². The molecule has 0 radical (unpaired) electrons. The van der Waals surface area contributed by atoms with Crippen molar-refractivity contribution in [1.82, 2.24) is 5.32 Å².